The summed E-state index contributed by atoms with van der Waals surface area (Å²) in [5.74, 6) is -0.0455. The van der Waals surface area contributed by atoms with Crippen LogP contribution in [0.1, 0.15) is 53.4 Å². The summed E-state index contributed by atoms with van der Waals surface area (Å²) in [6, 6.07) is 0. The first-order valence-corrected chi connectivity index (χ1v) is 6.93. The molecule has 18 heavy (non-hydrogen) atoms. The summed E-state index contributed by atoms with van der Waals surface area (Å²) in [5.41, 5.74) is 0. The van der Waals surface area contributed by atoms with E-state index in [0.29, 0.717) is 19.5 Å². The van der Waals surface area contributed by atoms with Gasteiger partial charge in [-0.3, -0.25) is 14.5 Å². The summed E-state index contributed by atoms with van der Waals surface area (Å²) in [4.78, 5) is 25.0. The van der Waals surface area contributed by atoms with Crippen LogP contribution in [0.4, 0.5) is 0 Å². The van der Waals surface area contributed by atoms with Gasteiger partial charge in [0.25, 0.3) is 0 Å². The van der Waals surface area contributed by atoms with Gasteiger partial charge in [-0.05, 0) is 26.8 Å². The average molecular weight is 257 g/mol. The van der Waals surface area contributed by atoms with Gasteiger partial charge in [-0.1, -0.05) is 26.7 Å². The fraction of sp³-hybridized carbons (Fsp3) is 0.857. The number of unbranched alkanes of at least 4 members (excludes halogenated alkanes) is 2. The van der Waals surface area contributed by atoms with Crippen molar-refractivity contribution in [3.05, 3.63) is 0 Å². The molecule has 0 aliphatic carbocycles. The Balaban J connectivity index is 3.95. The number of likely N-dealkylation sites (N-methyl/N-ethyl adjacent to an activating group) is 1. The minimum Gasteiger partial charge on any atom is -0.462 e. The van der Waals surface area contributed by atoms with Gasteiger partial charge in [0, 0.05) is 6.42 Å². The molecule has 0 radical (unpaired) electrons. The molecule has 0 aromatic carbocycles. The van der Waals surface area contributed by atoms with E-state index in [4.69, 9.17) is 4.74 Å². The molecule has 0 aliphatic heterocycles. The topological polar surface area (TPSA) is 46.6 Å². The highest BCUT2D eigenvalue weighted by molar-refractivity contribution is 5.81. The Labute approximate surface area is 111 Å². The van der Waals surface area contributed by atoms with E-state index in [9.17, 15) is 9.59 Å². The molecule has 0 atom stereocenters. The Morgan fingerprint density at radius 1 is 1.11 bits per heavy atom. The molecule has 0 aliphatic rings. The van der Waals surface area contributed by atoms with E-state index < -0.39 is 0 Å². The predicted octanol–water partition coefficient (Wildman–Crippen LogP) is 2.41. The first-order valence-electron chi connectivity index (χ1n) is 6.93. The number of nitrogens with zero attached hydrogens (tertiary/aromatic N) is 1. The van der Waals surface area contributed by atoms with Crippen LogP contribution in [-0.4, -0.2) is 42.4 Å². The maximum absolute atomic E-state index is 11.7. The molecule has 0 spiro atoms. The highest BCUT2D eigenvalue weighted by Crippen LogP contribution is 2.02. The first-order chi connectivity index (χ1) is 8.49. The SMILES string of the molecule is CCCCCC(=O)CN(CC)CC(=O)OC(C)C. The van der Waals surface area contributed by atoms with Crippen molar-refractivity contribution in [1.29, 1.82) is 0 Å². The molecule has 0 rings (SSSR count). The molecule has 4 heteroatoms. The van der Waals surface area contributed by atoms with E-state index in [2.05, 4.69) is 6.92 Å². The number of ether oxygens (including phenoxy) is 1. The predicted molar refractivity (Wildman–Crippen MR) is 72.5 cm³/mol. The number of hydrogen-bond donors (Lipinski definition) is 0. The van der Waals surface area contributed by atoms with Crippen molar-refractivity contribution in [2.45, 2.75) is 59.5 Å². The standard InChI is InChI=1S/C14H27NO3/c1-5-7-8-9-13(16)10-15(6-2)11-14(17)18-12(3)4/h12H,5-11H2,1-4H3. The van der Waals surface area contributed by atoms with Crippen LogP contribution >= 0.6 is 0 Å². The zero-order valence-electron chi connectivity index (χ0n) is 12.2. The Morgan fingerprint density at radius 2 is 1.78 bits per heavy atom. The van der Waals surface area contributed by atoms with E-state index in [1.165, 1.54) is 0 Å². The lowest BCUT2D eigenvalue weighted by Gasteiger charge is -2.19. The summed E-state index contributed by atoms with van der Waals surface area (Å²) in [7, 11) is 0. The lowest BCUT2D eigenvalue weighted by molar-refractivity contribution is -0.148. The van der Waals surface area contributed by atoms with Gasteiger partial charge in [-0.2, -0.15) is 0 Å². The summed E-state index contributed by atoms with van der Waals surface area (Å²) in [6.45, 7) is 8.95. The highest BCUT2D eigenvalue weighted by atomic mass is 16.5. The second-order valence-electron chi connectivity index (χ2n) is 4.84. The van der Waals surface area contributed by atoms with Gasteiger partial charge in [0.2, 0.25) is 0 Å². The van der Waals surface area contributed by atoms with Crippen molar-refractivity contribution >= 4 is 11.8 Å². The van der Waals surface area contributed by atoms with Crippen LogP contribution < -0.4 is 0 Å². The van der Waals surface area contributed by atoms with Gasteiger partial charge in [-0.15, -0.1) is 0 Å². The third-order valence-corrected chi connectivity index (χ3v) is 2.63. The molecular weight excluding hydrogens is 230 g/mol. The monoisotopic (exact) mass is 257 g/mol. The normalized spacial score (nSPS) is 11.0. The van der Waals surface area contributed by atoms with Crippen LogP contribution in [0.2, 0.25) is 0 Å². The number of esters is 1. The fourth-order valence-corrected chi connectivity index (χ4v) is 1.66. The molecule has 0 heterocycles. The maximum Gasteiger partial charge on any atom is 0.320 e. The molecule has 0 N–H and O–H groups in total. The first kappa shape index (κ1) is 17.1. The Kier molecular flexibility index (Phi) is 9.56. The summed E-state index contributed by atoms with van der Waals surface area (Å²) >= 11 is 0. The van der Waals surface area contributed by atoms with E-state index in [-0.39, 0.29) is 24.4 Å². The number of Topliss-reactive ketones (excluding diaryl/α,β-unsaturated/α-hetero) is 1. The van der Waals surface area contributed by atoms with Gasteiger partial charge in [-0.25, -0.2) is 0 Å². The highest BCUT2D eigenvalue weighted by Gasteiger charge is 2.14. The molecule has 0 aromatic rings. The number of carbonyl (C=O) groups excluding carboxylic acids is 2. The van der Waals surface area contributed by atoms with Gasteiger partial charge >= 0.3 is 5.97 Å². The molecular formula is C14H27NO3. The minimum absolute atomic E-state index is 0.100. The third kappa shape index (κ3) is 9.16. The Bertz CT molecular complexity index is 251. The zero-order chi connectivity index (χ0) is 14.0. The molecule has 4 nitrogen and oxygen atoms in total. The molecule has 0 unspecified atom stereocenters. The second-order valence-corrected chi connectivity index (χ2v) is 4.84. The quantitative estimate of drug-likeness (QED) is 0.445. The van der Waals surface area contributed by atoms with Gasteiger partial charge in [0.15, 0.2) is 0 Å². The van der Waals surface area contributed by atoms with Crippen molar-refractivity contribution in [3.63, 3.8) is 0 Å². The fourth-order valence-electron chi connectivity index (χ4n) is 1.66. The smallest absolute Gasteiger partial charge is 0.320 e. The lowest BCUT2D eigenvalue weighted by Crippen LogP contribution is -2.35. The van der Waals surface area contributed by atoms with Crippen LogP contribution in [0, 0.1) is 0 Å². The Morgan fingerprint density at radius 3 is 2.28 bits per heavy atom. The zero-order valence-corrected chi connectivity index (χ0v) is 12.2. The van der Waals surface area contributed by atoms with Gasteiger partial charge < -0.3 is 4.74 Å². The number of rotatable bonds is 10. The van der Waals surface area contributed by atoms with Gasteiger partial charge in [0.1, 0.15) is 5.78 Å². The number of ketones is 1. The molecule has 106 valence electrons. The van der Waals surface area contributed by atoms with Crippen LogP contribution in [0.5, 0.6) is 0 Å². The number of hydrogen-bond acceptors (Lipinski definition) is 4. The largest absolute Gasteiger partial charge is 0.462 e. The van der Waals surface area contributed by atoms with Crippen LogP contribution in [0.3, 0.4) is 0 Å². The third-order valence-electron chi connectivity index (χ3n) is 2.63. The van der Waals surface area contributed by atoms with Crippen LogP contribution in [-0.2, 0) is 14.3 Å². The van der Waals surface area contributed by atoms with Crippen LogP contribution in [0.25, 0.3) is 0 Å². The van der Waals surface area contributed by atoms with E-state index >= 15 is 0 Å². The Hall–Kier alpha value is -0.900. The maximum atomic E-state index is 11.7. The average Bonchev–Trinajstić information content (AvgIpc) is 2.27. The van der Waals surface area contributed by atoms with Crippen molar-refractivity contribution in [2.24, 2.45) is 0 Å². The number of carbonyl (C=O) groups is 2. The lowest BCUT2D eigenvalue weighted by atomic mass is 10.1. The molecule has 0 bridgehead atoms. The van der Waals surface area contributed by atoms with Crippen LogP contribution in [0.15, 0.2) is 0 Å². The molecule has 0 fully saturated rings. The second kappa shape index (κ2) is 10.1. The summed E-state index contributed by atoms with van der Waals surface area (Å²) in [6.07, 6.45) is 3.67. The summed E-state index contributed by atoms with van der Waals surface area (Å²) in [5, 5.41) is 0. The molecule has 0 aromatic heterocycles. The molecule has 0 saturated carbocycles. The van der Waals surface area contributed by atoms with E-state index in [1.807, 2.05) is 25.7 Å². The van der Waals surface area contributed by atoms with Crippen molar-refractivity contribution in [2.75, 3.05) is 19.6 Å². The van der Waals surface area contributed by atoms with Crippen molar-refractivity contribution < 1.29 is 14.3 Å². The van der Waals surface area contributed by atoms with Crippen molar-refractivity contribution in [3.8, 4) is 0 Å². The minimum atomic E-state index is -0.256. The van der Waals surface area contributed by atoms with Gasteiger partial charge in [0.05, 0.1) is 19.2 Å². The molecule has 0 amide bonds. The van der Waals surface area contributed by atoms with E-state index in [0.717, 1.165) is 19.3 Å². The summed E-state index contributed by atoms with van der Waals surface area (Å²) < 4.78 is 5.07. The van der Waals surface area contributed by atoms with Crippen molar-refractivity contribution in [1.82, 2.24) is 4.90 Å². The molecule has 0 saturated heterocycles. The van der Waals surface area contributed by atoms with E-state index in [1.54, 1.807) is 0 Å².